The number of anilines is 2. The van der Waals surface area contributed by atoms with Crippen LogP contribution in [-0.2, 0) is 16.1 Å². The van der Waals surface area contributed by atoms with Crippen molar-refractivity contribution < 1.29 is 9.47 Å². The molecule has 4 rings (SSSR count). The van der Waals surface area contributed by atoms with Crippen molar-refractivity contribution >= 4 is 11.6 Å². The van der Waals surface area contributed by atoms with Gasteiger partial charge >= 0.3 is 0 Å². The Morgan fingerprint density at radius 3 is 2.91 bits per heavy atom. The Morgan fingerprint density at radius 2 is 2.12 bits per heavy atom. The lowest BCUT2D eigenvalue weighted by Gasteiger charge is -2.27. The molecule has 2 unspecified atom stereocenters. The Morgan fingerprint density at radius 1 is 1.27 bits per heavy atom. The van der Waals surface area contributed by atoms with E-state index in [0.29, 0.717) is 25.3 Å². The minimum atomic E-state index is 0.255. The van der Waals surface area contributed by atoms with Crippen LogP contribution in [0, 0.1) is 18.3 Å². The summed E-state index contributed by atoms with van der Waals surface area (Å²) in [5.74, 6) is 0.534. The van der Waals surface area contributed by atoms with Gasteiger partial charge in [0, 0.05) is 24.6 Å². The van der Waals surface area contributed by atoms with Crippen molar-refractivity contribution in [3.63, 3.8) is 0 Å². The van der Waals surface area contributed by atoms with Gasteiger partial charge in [-0.3, -0.25) is 10.00 Å². The van der Waals surface area contributed by atoms with Gasteiger partial charge in [-0.15, -0.1) is 0 Å². The molecule has 0 spiro atoms. The van der Waals surface area contributed by atoms with Crippen LogP contribution in [0.4, 0.5) is 11.6 Å². The molecule has 1 aliphatic heterocycles. The number of nitrogens with one attached hydrogen (secondary N) is 2. The van der Waals surface area contributed by atoms with Crippen molar-refractivity contribution in [3.8, 4) is 17.3 Å². The van der Waals surface area contributed by atoms with Gasteiger partial charge in [-0.25, -0.2) is 9.97 Å². The molecule has 0 radical (unpaired) electrons. The molecule has 2 N–H and O–H groups in total. The van der Waals surface area contributed by atoms with Gasteiger partial charge < -0.3 is 14.8 Å². The summed E-state index contributed by atoms with van der Waals surface area (Å²) in [4.78, 5) is 9.19. The summed E-state index contributed by atoms with van der Waals surface area (Å²) in [7, 11) is 0. The first-order chi connectivity index (χ1) is 16.1. The molecule has 1 aromatic carbocycles. The van der Waals surface area contributed by atoms with Crippen molar-refractivity contribution in [3.05, 3.63) is 54.0 Å². The molecule has 1 saturated heterocycles. The number of aromatic nitrogens is 4. The van der Waals surface area contributed by atoms with Gasteiger partial charge in [0.1, 0.15) is 0 Å². The number of hydrogen-bond donors (Lipinski definition) is 2. The smallest absolute Gasteiger partial charge is 0.227 e. The molecule has 172 valence electrons. The standard InChI is InChI=1S/C24H29N7O2/c1-17-12-27-24(29-21-13-28-31(14-21)22-7-10-33-18(2)11-22)30-23(17)20-5-3-19(4-6-20)15-32-16-26-9-8-25/h3-6,12-14,18,22,26H,7,9-11,15-16H2,1-2H3,(H,27,29,30). The number of nitrogens with zero attached hydrogens (tertiary/aromatic N) is 5. The molecule has 9 heteroatoms. The van der Waals surface area contributed by atoms with Crippen molar-refractivity contribution in [1.29, 1.82) is 5.26 Å². The van der Waals surface area contributed by atoms with Crippen LogP contribution in [0.25, 0.3) is 11.3 Å². The maximum Gasteiger partial charge on any atom is 0.227 e. The second kappa shape index (κ2) is 11.0. The van der Waals surface area contributed by atoms with Gasteiger partial charge in [-0.05, 0) is 37.8 Å². The summed E-state index contributed by atoms with van der Waals surface area (Å²) in [5, 5.41) is 19.2. The zero-order chi connectivity index (χ0) is 23.0. The average molecular weight is 448 g/mol. The Bertz CT molecular complexity index is 1090. The number of hydrogen-bond acceptors (Lipinski definition) is 8. The summed E-state index contributed by atoms with van der Waals surface area (Å²) in [6.07, 6.45) is 7.82. The zero-order valence-electron chi connectivity index (χ0n) is 19.0. The van der Waals surface area contributed by atoms with Crippen molar-refractivity contribution in [2.24, 2.45) is 0 Å². The maximum atomic E-state index is 8.52. The number of ether oxygens (including phenoxy) is 2. The lowest BCUT2D eigenvalue weighted by atomic mass is 10.1. The molecule has 1 fully saturated rings. The van der Waals surface area contributed by atoms with Crippen molar-refractivity contribution in [2.75, 3.05) is 25.2 Å². The van der Waals surface area contributed by atoms with E-state index in [2.05, 4.69) is 27.6 Å². The number of aryl methyl sites for hydroxylation is 1. The van der Waals surface area contributed by atoms with Gasteiger partial charge in [0.2, 0.25) is 5.95 Å². The summed E-state index contributed by atoms with van der Waals surface area (Å²) in [6.45, 7) is 5.97. The fourth-order valence-electron chi connectivity index (χ4n) is 3.85. The van der Waals surface area contributed by atoms with E-state index in [1.807, 2.05) is 60.5 Å². The van der Waals surface area contributed by atoms with Gasteiger partial charge in [-0.1, -0.05) is 24.3 Å². The molecule has 2 atom stereocenters. The van der Waals surface area contributed by atoms with Gasteiger partial charge in [0.25, 0.3) is 0 Å². The SMILES string of the molecule is Cc1cnc(Nc2cnn(C3CCOC(C)C3)c2)nc1-c1ccc(COCNCC#N)cc1. The summed E-state index contributed by atoms with van der Waals surface area (Å²) >= 11 is 0. The molecular weight excluding hydrogens is 418 g/mol. The second-order valence-corrected chi connectivity index (χ2v) is 8.19. The molecule has 0 bridgehead atoms. The molecule has 0 saturated carbocycles. The van der Waals surface area contributed by atoms with Gasteiger partial charge in [0.15, 0.2) is 0 Å². The number of rotatable bonds is 9. The van der Waals surface area contributed by atoms with E-state index in [1.165, 1.54) is 0 Å². The largest absolute Gasteiger partial charge is 0.378 e. The van der Waals surface area contributed by atoms with Crippen LogP contribution in [0.15, 0.2) is 42.9 Å². The normalized spacial score (nSPS) is 18.1. The highest BCUT2D eigenvalue weighted by molar-refractivity contribution is 5.65. The van der Waals surface area contributed by atoms with E-state index in [9.17, 15) is 0 Å². The average Bonchev–Trinajstić information content (AvgIpc) is 3.29. The number of benzene rings is 1. The van der Waals surface area contributed by atoms with E-state index in [-0.39, 0.29) is 12.6 Å². The third-order valence-electron chi connectivity index (χ3n) is 5.57. The fraction of sp³-hybridized carbons (Fsp3) is 0.417. The molecule has 9 nitrogen and oxygen atoms in total. The fourth-order valence-corrected chi connectivity index (χ4v) is 3.85. The highest BCUT2D eigenvalue weighted by atomic mass is 16.5. The van der Waals surface area contributed by atoms with Crippen LogP contribution in [0.1, 0.15) is 36.9 Å². The highest BCUT2D eigenvalue weighted by Crippen LogP contribution is 2.27. The van der Waals surface area contributed by atoms with E-state index in [4.69, 9.17) is 19.7 Å². The topological polar surface area (TPSA) is 110 Å². The third kappa shape index (κ3) is 6.14. The molecular formula is C24H29N7O2. The molecule has 0 aliphatic carbocycles. The van der Waals surface area contributed by atoms with E-state index in [0.717, 1.165) is 47.5 Å². The highest BCUT2D eigenvalue weighted by Gasteiger charge is 2.21. The maximum absolute atomic E-state index is 8.52. The van der Waals surface area contributed by atoms with Crippen LogP contribution in [-0.4, -0.2) is 45.7 Å². The number of nitriles is 1. The molecule has 0 amide bonds. The quantitative estimate of drug-likeness (QED) is 0.290. The first-order valence-electron chi connectivity index (χ1n) is 11.1. The van der Waals surface area contributed by atoms with E-state index in [1.54, 1.807) is 0 Å². The predicted molar refractivity (Wildman–Crippen MR) is 125 cm³/mol. The first kappa shape index (κ1) is 22.9. The molecule has 3 heterocycles. The van der Waals surface area contributed by atoms with Gasteiger partial charge in [-0.2, -0.15) is 10.4 Å². The molecule has 1 aliphatic rings. The Hall–Kier alpha value is -3.32. The lowest BCUT2D eigenvalue weighted by Crippen LogP contribution is -2.25. The van der Waals surface area contributed by atoms with Crippen molar-refractivity contribution in [1.82, 2.24) is 25.1 Å². The summed E-state index contributed by atoms with van der Waals surface area (Å²) in [5.41, 5.74) is 4.80. The third-order valence-corrected chi connectivity index (χ3v) is 5.57. The van der Waals surface area contributed by atoms with Crippen LogP contribution >= 0.6 is 0 Å². The minimum Gasteiger partial charge on any atom is -0.378 e. The Labute approximate surface area is 193 Å². The Kier molecular flexibility index (Phi) is 7.62. The second-order valence-electron chi connectivity index (χ2n) is 8.19. The van der Waals surface area contributed by atoms with Crippen molar-refractivity contribution in [2.45, 2.75) is 45.4 Å². The Balaban J connectivity index is 1.40. The zero-order valence-corrected chi connectivity index (χ0v) is 19.0. The van der Waals surface area contributed by atoms with E-state index >= 15 is 0 Å². The summed E-state index contributed by atoms with van der Waals surface area (Å²) < 4.78 is 13.2. The van der Waals surface area contributed by atoms with Crippen LogP contribution < -0.4 is 10.6 Å². The van der Waals surface area contributed by atoms with Gasteiger partial charge in [0.05, 0.1) is 55.7 Å². The van der Waals surface area contributed by atoms with Crippen LogP contribution in [0.2, 0.25) is 0 Å². The molecule has 2 aromatic heterocycles. The van der Waals surface area contributed by atoms with Crippen LogP contribution in [0.5, 0.6) is 0 Å². The van der Waals surface area contributed by atoms with Crippen LogP contribution in [0.3, 0.4) is 0 Å². The summed E-state index contributed by atoms with van der Waals surface area (Å²) in [6, 6.07) is 10.5. The minimum absolute atomic E-state index is 0.255. The lowest BCUT2D eigenvalue weighted by molar-refractivity contribution is 0.00351. The van der Waals surface area contributed by atoms with E-state index < -0.39 is 0 Å². The first-order valence-corrected chi connectivity index (χ1v) is 11.1. The molecule has 33 heavy (non-hydrogen) atoms. The predicted octanol–water partition coefficient (Wildman–Crippen LogP) is 3.72. The monoisotopic (exact) mass is 447 g/mol. The molecule has 3 aromatic rings.